The SMILES string of the molecule is C=C(CCc1ccc(C)cc1)NC1(CC)CC1N/C(=C/C)C1CC1Cc1ccc(C)cc1. The fourth-order valence-corrected chi connectivity index (χ4v) is 5.06. The Labute approximate surface area is 195 Å². The van der Waals surface area contributed by atoms with Gasteiger partial charge in [0.15, 0.2) is 0 Å². The molecule has 0 spiro atoms. The third-order valence-electron chi connectivity index (χ3n) is 7.56. The first-order valence-corrected chi connectivity index (χ1v) is 12.4. The van der Waals surface area contributed by atoms with Gasteiger partial charge in [-0.2, -0.15) is 0 Å². The van der Waals surface area contributed by atoms with Crippen molar-refractivity contribution in [2.24, 2.45) is 11.8 Å². The van der Waals surface area contributed by atoms with Crippen molar-refractivity contribution in [2.45, 2.75) is 77.8 Å². The second-order valence-corrected chi connectivity index (χ2v) is 10.2. The molecule has 2 saturated carbocycles. The van der Waals surface area contributed by atoms with Crippen molar-refractivity contribution in [2.75, 3.05) is 0 Å². The molecule has 2 fully saturated rings. The topological polar surface area (TPSA) is 24.1 Å². The van der Waals surface area contributed by atoms with E-state index in [-0.39, 0.29) is 5.54 Å². The minimum atomic E-state index is 0.167. The third kappa shape index (κ3) is 5.46. The summed E-state index contributed by atoms with van der Waals surface area (Å²) in [5.74, 6) is 1.48. The second-order valence-electron chi connectivity index (χ2n) is 10.2. The highest BCUT2D eigenvalue weighted by Crippen LogP contribution is 2.48. The van der Waals surface area contributed by atoms with Gasteiger partial charge in [0.2, 0.25) is 0 Å². The second kappa shape index (κ2) is 9.57. The van der Waals surface area contributed by atoms with Gasteiger partial charge in [-0.1, -0.05) is 79.2 Å². The van der Waals surface area contributed by atoms with E-state index < -0.39 is 0 Å². The van der Waals surface area contributed by atoms with Crippen molar-refractivity contribution in [3.05, 3.63) is 94.8 Å². The third-order valence-corrected chi connectivity index (χ3v) is 7.56. The summed E-state index contributed by atoms with van der Waals surface area (Å²) in [5.41, 5.74) is 8.31. The molecule has 0 bridgehead atoms. The first-order chi connectivity index (χ1) is 15.4. The maximum absolute atomic E-state index is 4.35. The Kier molecular flexibility index (Phi) is 6.79. The van der Waals surface area contributed by atoms with Gasteiger partial charge in [-0.05, 0) is 76.3 Å². The van der Waals surface area contributed by atoms with Crippen LogP contribution in [0.15, 0.2) is 72.6 Å². The maximum Gasteiger partial charge on any atom is 0.0589 e. The van der Waals surface area contributed by atoms with E-state index in [2.05, 4.69) is 99.5 Å². The summed E-state index contributed by atoms with van der Waals surface area (Å²) < 4.78 is 0. The Bertz CT molecular complexity index is 953. The molecule has 2 N–H and O–H groups in total. The van der Waals surface area contributed by atoms with E-state index in [0.29, 0.717) is 12.0 Å². The summed E-state index contributed by atoms with van der Waals surface area (Å²) in [6.07, 6.45) is 9.17. The van der Waals surface area contributed by atoms with Crippen molar-refractivity contribution in [1.82, 2.24) is 10.6 Å². The minimum absolute atomic E-state index is 0.167. The molecule has 0 amide bonds. The molecular weight excluding hydrogens is 388 g/mol. The summed E-state index contributed by atoms with van der Waals surface area (Å²) in [6.45, 7) is 13.1. The summed E-state index contributed by atoms with van der Waals surface area (Å²) in [6, 6.07) is 18.4. The predicted octanol–water partition coefficient (Wildman–Crippen LogP) is 6.63. The van der Waals surface area contributed by atoms with Crippen LogP contribution in [0.5, 0.6) is 0 Å². The van der Waals surface area contributed by atoms with Crippen LogP contribution in [-0.4, -0.2) is 11.6 Å². The van der Waals surface area contributed by atoms with Gasteiger partial charge >= 0.3 is 0 Å². The Morgan fingerprint density at radius 3 is 2.25 bits per heavy atom. The zero-order valence-electron chi connectivity index (χ0n) is 20.4. The van der Waals surface area contributed by atoms with Gasteiger partial charge in [-0.25, -0.2) is 0 Å². The summed E-state index contributed by atoms with van der Waals surface area (Å²) in [5, 5.41) is 7.72. The highest BCUT2D eigenvalue weighted by Gasteiger charge is 2.54. The van der Waals surface area contributed by atoms with E-state index in [1.807, 2.05) is 0 Å². The molecule has 4 unspecified atom stereocenters. The highest BCUT2D eigenvalue weighted by atomic mass is 15.2. The van der Waals surface area contributed by atoms with Gasteiger partial charge in [-0.3, -0.25) is 0 Å². The van der Waals surface area contributed by atoms with Crippen molar-refractivity contribution < 1.29 is 0 Å². The normalized spacial score (nSPS) is 26.5. The molecule has 0 heterocycles. The Balaban J connectivity index is 1.25. The van der Waals surface area contributed by atoms with Gasteiger partial charge in [-0.15, -0.1) is 0 Å². The molecule has 170 valence electrons. The number of nitrogens with one attached hydrogen (secondary N) is 2. The molecule has 0 aliphatic heterocycles. The predicted molar refractivity (Wildman–Crippen MR) is 137 cm³/mol. The maximum atomic E-state index is 4.35. The quantitative estimate of drug-likeness (QED) is 0.419. The van der Waals surface area contributed by atoms with Crippen molar-refractivity contribution >= 4 is 0 Å². The first kappa shape index (κ1) is 22.7. The standard InChI is InChI=1S/C30H40N2/c1-6-28(27-19-26(27)18-25-15-10-22(4)11-16-25)31-29-20-30(29,7-2)32-23(5)12-17-24-13-8-21(3)9-14-24/h6,8-11,13-16,26-27,29,31-32H,5,7,12,17-20H2,1-4H3/b28-6+. The minimum Gasteiger partial charge on any atom is -0.383 e. The Hall–Kier alpha value is -2.48. The molecule has 0 radical (unpaired) electrons. The number of hydrogen-bond acceptors (Lipinski definition) is 2. The molecule has 2 aromatic rings. The van der Waals surface area contributed by atoms with Gasteiger partial charge in [0.05, 0.1) is 11.6 Å². The summed E-state index contributed by atoms with van der Waals surface area (Å²) in [7, 11) is 0. The van der Waals surface area contributed by atoms with E-state index in [1.54, 1.807) is 0 Å². The van der Waals surface area contributed by atoms with Crippen molar-refractivity contribution in [3.8, 4) is 0 Å². The van der Waals surface area contributed by atoms with Crippen LogP contribution in [0.3, 0.4) is 0 Å². The van der Waals surface area contributed by atoms with Crippen molar-refractivity contribution in [3.63, 3.8) is 0 Å². The smallest absolute Gasteiger partial charge is 0.0589 e. The number of aryl methyl sites for hydroxylation is 3. The molecule has 4 atom stereocenters. The van der Waals surface area contributed by atoms with Crippen LogP contribution in [-0.2, 0) is 12.8 Å². The lowest BCUT2D eigenvalue weighted by Gasteiger charge is -2.22. The first-order valence-electron chi connectivity index (χ1n) is 12.4. The van der Waals surface area contributed by atoms with Gasteiger partial charge in [0, 0.05) is 17.3 Å². The molecule has 2 aliphatic rings. The molecular formula is C30H40N2. The lowest BCUT2D eigenvalue weighted by atomic mass is 10.0. The Morgan fingerprint density at radius 1 is 1.03 bits per heavy atom. The van der Waals surface area contributed by atoms with Gasteiger partial charge in [0.25, 0.3) is 0 Å². The van der Waals surface area contributed by atoms with E-state index >= 15 is 0 Å². The average molecular weight is 429 g/mol. The zero-order valence-corrected chi connectivity index (χ0v) is 20.4. The van der Waals surface area contributed by atoms with Crippen LogP contribution in [0.2, 0.25) is 0 Å². The molecule has 4 rings (SSSR count). The molecule has 2 nitrogen and oxygen atoms in total. The van der Waals surface area contributed by atoms with E-state index in [4.69, 9.17) is 0 Å². The average Bonchev–Trinajstić information content (AvgIpc) is 3.70. The molecule has 2 aromatic carbocycles. The van der Waals surface area contributed by atoms with Crippen LogP contribution in [0.4, 0.5) is 0 Å². The zero-order chi connectivity index (χ0) is 22.7. The fraction of sp³-hybridized carbons (Fsp3) is 0.467. The van der Waals surface area contributed by atoms with Crippen LogP contribution < -0.4 is 10.6 Å². The lowest BCUT2D eigenvalue weighted by Crippen LogP contribution is -2.38. The van der Waals surface area contributed by atoms with E-state index in [1.165, 1.54) is 52.9 Å². The number of hydrogen-bond donors (Lipinski definition) is 2. The molecule has 0 aromatic heterocycles. The molecule has 2 aliphatic carbocycles. The largest absolute Gasteiger partial charge is 0.383 e. The highest BCUT2D eigenvalue weighted by molar-refractivity contribution is 5.28. The number of rotatable bonds is 11. The summed E-state index contributed by atoms with van der Waals surface area (Å²) in [4.78, 5) is 0. The van der Waals surface area contributed by atoms with Crippen LogP contribution in [0, 0.1) is 25.7 Å². The molecule has 32 heavy (non-hydrogen) atoms. The van der Waals surface area contributed by atoms with Crippen LogP contribution in [0.25, 0.3) is 0 Å². The van der Waals surface area contributed by atoms with Gasteiger partial charge in [0.1, 0.15) is 0 Å². The van der Waals surface area contributed by atoms with Crippen LogP contribution in [0.1, 0.15) is 61.8 Å². The van der Waals surface area contributed by atoms with E-state index in [0.717, 1.165) is 25.2 Å². The molecule has 0 saturated heterocycles. The number of allylic oxidation sites excluding steroid dienone is 3. The van der Waals surface area contributed by atoms with Crippen molar-refractivity contribution in [1.29, 1.82) is 0 Å². The molecule has 2 heteroatoms. The fourth-order valence-electron chi connectivity index (χ4n) is 5.06. The summed E-state index contributed by atoms with van der Waals surface area (Å²) >= 11 is 0. The van der Waals surface area contributed by atoms with Crippen LogP contribution >= 0.6 is 0 Å². The Morgan fingerprint density at radius 2 is 1.66 bits per heavy atom. The monoisotopic (exact) mass is 428 g/mol. The van der Waals surface area contributed by atoms with E-state index in [9.17, 15) is 0 Å². The number of benzene rings is 2. The lowest BCUT2D eigenvalue weighted by molar-refractivity contribution is 0.484. The van der Waals surface area contributed by atoms with Gasteiger partial charge < -0.3 is 10.6 Å².